The van der Waals surface area contributed by atoms with Gasteiger partial charge in [-0.2, -0.15) is 0 Å². The van der Waals surface area contributed by atoms with Crippen LogP contribution in [0.15, 0.2) is 18.2 Å². The summed E-state index contributed by atoms with van der Waals surface area (Å²) in [6.07, 6.45) is 2.43. The highest BCUT2D eigenvalue weighted by Crippen LogP contribution is 2.28. The van der Waals surface area contributed by atoms with Crippen LogP contribution in [0.2, 0.25) is 0 Å². The first-order chi connectivity index (χ1) is 7.70. The second kappa shape index (κ2) is 4.83. The van der Waals surface area contributed by atoms with E-state index < -0.39 is 0 Å². The first-order valence-electron chi connectivity index (χ1n) is 5.92. The molecule has 0 bridgehead atoms. The van der Waals surface area contributed by atoms with Gasteiger partial charge in [0.25, 0.3) is 0 Å². The minimum absolute atomic E-state index is 0.198. The van der Waals surface area contributed by atoms with Gasteiger partial charge in [0.15, 0.2) is 0 Å². The first kappa shape index (κ1) is 11.4. The van der Waals surface area contributed by atoms with Crippen LogP contribution in [0.5, 0.6) is 0 Å². The quantitative estimate of drug-likeness (QED) is 0.847. The summed E-state index contributed by atoms with van der Waals surface area (Å²) < 4.78 is 13.1. The molecule has 1 aliphatic rings. The van der Waals surface area contributed by atoms with E-state index in [2.05, 4.69) is 11.8 Å². The Labute approximate surface area is 95.7 Å². The fourth-order valence-electron chi connectivity index (χ4n) is 2.29. The molecule has 0 spiro atoms. The summed E-state index contributed by atoms with van der Waals surface area (Å²) in [4.78, 5) is 2.08. The fourth-order valence-corrected chi connectivity index (χ4v) is 2.29. The summed E-state index contributed by atoms with van der Waals surface area (Å²) in [5.41, 5.74) is 2.14. The van der Waals surface area contributed by atoms with Crippen molar-refractivity contribution in [3.8, 4) is 0 Å². The van der Waals surface area contributed by atoms with Crippen molar-refractivity contribution in [1.29, 1.82) is 0 Å². The molecule has 1 aromatic rings. The molecule has 3 heteroatoms. The van der Waals surface area contributed by atoms with Gasteiger partial charge in [0.05, 0.1) is 6.10 Å². The number of hydrogen-bond acceptors (Lipinski definition) is 2. The van der Waals surface area contributed by atoms with E-state index in [4.69, 9.17) is 0 Å². The molecule has 1 aliphatic heterocycles. The van der Waals surface area contributed by atoms with E-state index in [-0.39, 0.29) is 11.9 Å². The number of hydrogen-bond donors (Lipinski definition) is 1. The molecule has 88 valence electrons. The van der Waals surface area contributed by atoms with Gasteiger partial charge < -0.3 is 10.0 Å². The van der Waals surface area contributed by atoms with E-state index in [0.29, 0.717) is 6.54 Å². The number of rotatable bonds is 4. The molecular weight excluding hydrogens is 205 g/mol. The molecule has 1 aromatic carbocycles. The number of fused-ring (bicyclic) bond motifs is 1. The van der Waals surface area contributed by atoms with Crippen LogP contribution in [0.3, 0.4) is 0 Å². The van der Waals surface area contributed by atoms with E-state index in [1.165, 1.54) is 11.6 Å². The average Bonchev–Trinajstić information content (AvgIpc) is 2.61. The van der Waals surface area contributed by atoms with Crippen LogP contribution in [-0.2, 0) is 6.42 Å². The Kier molecular flexibility index (Phi) is 3.44. The summed E-state index contributed by atoms with van der Waals surface area (Å²) in [6, 6.07) is 4.92. The Morgan fingerprint density at radius 1 is 1.50 bits per heavy atom. The Hall–Kier alpha value is -1.09. The molecule has 1 N–H and O–H groups in total. The normalized spacial score (nSPS) is 16.3. The zero-order valence-corrected chi connectivity index (χ0v) is 9.62. The molecule has 0 amide bonds. The minimum atomic E-state index is -0.306. The van der Waals surface area contributed by atoms with E-state index in [0.717, 1.165) is 31.5 Å². The summed E-state index contributed by atoms with van der Waals surface area (Å²) in [7, 11) is 0. The number of benzene rings is 1. The summed E-state index contributed by atoms with van der Waals surface area (Å²) in [6.45, 7) is 3.56. The molecule has 0 saturated heterocycles. The molecule has 16 heavy (non-hydrogen) atoms. The minimum Gasteiger partial charge on any atom is -0.391 e. The van der Waals surface area contributed by atoms with Crippen LogP contribution < -0.4 is 4.90 Å². The van der Waals surface area contributed by atoms with Gasteiger partial charge >= 0.3 is 0 Å². The van der Waals surface area contributed by atoms with Crippen molar-refractivity contribution in [2.45, 2.75) is 32.3 Å². The standard InChI is InChI=1S/C13H18FNO/c1-2-3-12(16)9-15-7-6-10-4-5-11(14)8-13(10)15/h4-5,8,12,16H,2-3,6-7,9H2,1H3. The summed E-state index contributed by atoms with van der Waals surface area (Å²) >= 11 is 0. The molecule has 0 radical (unpaired) electrons. The Bertz CT molecular complexity index is 367. The van der Waals surface area contributed by atoms with Gasteiger partial charge in [0.2, 0.25) is 0 Å². The first-order valence-corrected chi connectivity index (χ1v) is 5.92. The summed E-state index contributed by atoms with van der Waals surface area (Å²) in [5.74, 6) is -0.198. The van der Waals surface area contributed by atoms with Crippen molar-refractivity contribution < 1.29 is 9.50 Å². The maximum Gasteiger partial charge on any atom is 0.125 e. The third-order valence-corrected chi connectivity index (χ3v) is 3.09. The Morgan fingerprint density at radius 3 is 3.06 bits per heavy atom. The Morgan fingerprint density at radius 2 is 2.31 bits per heavy atom. The SMILES string of the molecule is CCCC(O)CN1CCc2ccc(F)cc21. The van der Waals surface area contributed by atoms with Gasteiger partial charge in [-0.1, -0.05) is 19.4 Å². The summed E-state index contributed by atoms with van der Waals surface area (Å²) in [5, 5.41) is 9.77. The third kappa shape index (κ3) is 2.35. The van der Waals surface area contributed by atoms with Gasteiger partial charge in [-0.25, -0.2) is 4.39 Å². The lowest BCUT2D eigenvalue weighted by atomic mass is 10.1. The number of halogens is 1. The zero-order chi connectivity index (χ0) is 11.5. The molecule has 0 aliphatic carbocycles. The van der Waals surface area contributed by atoms with E-state index >= 15 is 0 Å². The van der Waals surface area contributed by atoms with Crippen LogP contribution in [-0.4, -0.2) is 24.3 Å². The predicted octanol–water partition coefficient (Wildman–Crippen LogP) is 2.35. The van der Waals surface area contributed by atoms with Gasteiger partial charge in [0, 0.05) is 18.8 Å². The van der Waals surface area contributed by atoms with Gasteiger partial charge in [-0.3, -0.25) is 0 Å². The maximum absolute atomic E-state index is 13.1. The van der Waals surface area contributed by atoms with Crippen LogP contribution in [0.1, 0.15) is 25.3 Å². The van der Waals surface area contributed by atoms with Crippen LogP contribution in [0.25, 0.3) is 0 Å². The largest absolute Gasteiger partial charge is 0.391 e. The third-order valence-electron chi connectivity index (χ3n) is 3.09. The second-order valence-corrected chi connectivity index (χ2v) is 4.41. The molecule has 1 heterocycles. The van der Waals surface area contributed by atoms with Crippen LogP contribution in [0.4, 0.5) is 10.1 Å². The molecule has 2 nitrogen and oxygen atoms in total. The zero-order valence-electron chi connectivity index (χ0n) is 9.62. The Balaban J connectivity index is 2.08. The van der Waals surface area contributed by atoms with Crippen molar-refractivity contribution in [1.82, 2.24) is 0 Å². The highest BCUT2D eigenvalue weighted by Gasteiger charge is 2.21. The molecular formula is C13H18FNO. The maximum atomic E-state index is 13.1. The van der Waals surface area contributed by atoms with Crippen molar-refractivity contribution in [2.75, 3.05) is 18.0 Å². The van der Waals surface area contributed by atoms with Gasteiger partial charge in [-0.05, 0) is 30.5 Å². The number of aliphatic hydroxyl groups is 1. The highest BCUT2D eigenvalue weighted by molar-refractivity contribution is 5.58. The lowest BCUT2D eigenvalue weighted by Gasteiger charge is -2.22. The molecule has 0 fully saturated rings. The second-order valence-electron chi connectivity index (χ2n) is 4.41. The highest BCUT2D eigenvalue weighted by atomic mass is 19.1. The number of nitrogens with zero attached hydrogens (tertiary/aromatic N) is 1. The lowest BCUT2D eigenvalue weighted by Crippen LogP contribution is -2.30. The van der Waals surface area contributed by atoms with Crippen molar-refractivity contribution in [3.05, 3.63) is 29.6 Å². The molecule has 0 saturated carbocycles. The molecule has 1 atom stereocenters. The fraction of sp³-hybridized carbons (Fsp3) is 0.538. The van der Waals surface area contributed by atoms with Gasteiger partial charge in [-0.15, -0.1) is 0 Å². The average molecular weight is 223 g/mol. The smallest absolute Gasteiger partial charge is 0.125 e. The van der Waals surface area contributed by atoms with E-state index in [9.17, 15) is 9.50 Å². The number of β-amino-alcohol motifs (C(OH)–C–C–N with tert-alkyl or cyclic N) is 1. The van der Waals surface area contributed by atoms with Gasteiger partial charge in [0.1, 0.15) is 5.82 Å². The number of anilines is 1. The molecule has 1 unspecified atom stereocenters. The van der Waals surface area contributed by atoms with Crippen molar-refractivity contribution in [2.24, 2.45) is 0 Å². The molecule has 2 rings (SSSR count). The lowest BCUT2D eigenvalue weighted by molar-refractivity contribution is 0.169. The predicted molar refractivity (Wildman–Crippen MR) is 63.2 cm³/mol. The molecule has 0 aromatic heterocycles. The number of aliphatic hydroxyl groups excluding tert-OH is 1. The van der Waals surface area contributed by atoms with E-state index in [1.807, 2.05) is 6.07 Å². The van der Waals surface area contributed by atoms with Crippen molar-refractivity contribution >= 4 is 5.69 Å². The van der Waals surface area contributed by atoms with Crippen molar-refractivity contribution in [3.63, 3.8) is 0 Å². The monoisotopic (exact) mass is 223 g/mol. The van der Waals surface area contributed by atoms with Crippen LogP contribution >= 0.6 is 0 Å². The van der Waals surface area contributed by atoms with E-state index in [1.54, 1.807) is 6.07 Å². The van der Waals surface area contributed by atoms with Crippen LogP contribution in [0, 0.1) is 5.82 Å². The topological polar surface area (TPSA) is 23.5 Å².